The highest BCUT2D eigenvalue weighted by Crippen LogP contribution is 2.27. The van der Waals surface area contributed by atoms with Crippen LogP contribution in [-0.4, -0.2) is 52.8 Å². The number of rotatable bonds is 5. The quantitative estimate of drug-likeness (QED) is 0.622. The number of nitrogens with one attached hydrogen (secondary N) is 1. The number of aromatic nitrogens is 1. The third kappa shape index (κ3) is 3.83. The summed E-state index contributed by atoms with van der Waals surface area (Å²) in [5.41, 5.74) is 3.98. The number of benzene rings is 2. The fourth-order valence-corrected chi connectivity index (χ4v) is 4.70. The van der Waals surface area contributed by atoms with E-state index in [-0.39, 0.29) is 24.2 Å². The Morgan fingerprint density at radius 2 is 1.81 bits per heavy atom. The number of hydrogen-bond donors (Lipinski definition) is 1. The van der Waals surface area contributed by atoms with Crippen molar-refractivity contribution in [3.8, 4) is 6.07 Å². The molecule has 1 fully saturated rings. The number of imide groups is 1. The normalized spacial score (nSPS) is 18.3. The maximum absolute atomic E-state index is 12.5. The molecule has 1 saturated heterocycles. The van der Waals surface area contributed by atoms with Crippen LogP contribution in [0.4, 0.5) is 0 Å². The van der Waals surface area contributed by atoms with E-state index in [1.165, 1.54) is 15.8 Å². The summed E-state index contributed by atoms with van der Waals surface area (Å²) in [5, 5.41) is 10.2. The fourth-order valence-electron chi connectivity index (χ4n) is 4.70. The highest BCUT2D eigenvalue weighted by molar-refractivity contribution is 6.21. The Balaban J connectivity index is 0.00000231. The van der Waals surface area contributed by atoms with E-state index in [0.717, 1.165) is 31.4 Å². The Morgan fingerprint density at radius 3 is 2.52 bits per heavy atom. The number of carbonyl (C=O) groups is 2. The topological polar surface area (TPSA) is 80.2 Å². The Bertz CT molecular complexity index is 1160. The first-order valence-electron chi connectivity index (χ1n) is 10.3. The maximum Gasteiger partial charge on any atom is 0.261 e. The lowest BCUT2D eigenvalue weighted by atomic mass is 9.98. The molecule has 0 bridgehead atoms. The highest BCUT2D eigenvalue weighted by Gasteiger charge is 2.35. The molecule has 1 N–H and O–H groups in total. The molecule has 0 radical (unpaired) electrons. The predicted octanol–water partition coefficient (Wildman–Crippen LogP) is 3.62. The van der Waals surface area contributed by atoms with E-state index in [0.29, 0.717) is 35.7 Å². The second-order valence-corrected chi connectivity index (χ2v) is 8.15. The number of amides is 2. The van der Waals surface area contributed by atoms with Gasteiger partial charge in [0, 0.05) is 36.7 Å². The van der Waals surface area contributed by atoms with Gasteiger partial charge in [0.05, 0.1) is 22.8 Å². The molecule has 2 aliphatic rings. The molecule has 2 aromatic carbocycles. The highest BCUT2D eigenvalue weighted by atomic mass is 35.5. The lowest BCUT2D eigenvalue weighted by Crippen LogP contribution is -2.37. The number of nitrogens with zero attached hydrogens (tertiary/aromatic N) is 3. The molecular weight excluding hydrogens is 412 g/mol. The molecule has 158 valence electrons. The van der Waals surface area contributed by atoms with Crippen LogP contribution in [0.5, 0.6) is 0 Å². The summed E-state index contributed by atoms with van der Waals surface area (Å²) in [6.07, 6.45) is 4.13. The first-order valence-corrected chi connectivity index (χ1v) is 10.3. The number of fused-ring (bicyclic) bond motifs is 2. The molecule has 2 aliphatic heterocycles. The number of aromatic amines is 1. The molecule has 6 nitrogen and oxygen atoms in total. The number of likely N-dealkylation sites (tertiary alicyclic amines) is 1. The van der Waals surface area contributed by atoms with Crippen LogP contribution >= 0.6 is 12.4 Å². The van der Waals surface area contributed by atoms with Gasteiger partial charge in [0.1, 0.15) is 0 Å². The molecule has 3 aromatic rings. The van der Waals surface area contributed by atoms with Crippen LogP contribution in [0.1, 0.15) is 38.3 Å². The van der Waals surface area contributed by atoms with E-state index in [1.807, 2.05) is 24.4 Å². The van der Waals surface area contributed by atoms with Crippen LogP contribution in [0.3, 0.4) is 0 Å². The molecule has 31 heavy (non-hydrogen) atoms. The van der Waals surface area contributed by atoms with Crippen LogP contribution in [0.2, 0.25) is 0 Å². The molecule has 7 heteroatoms. The van der Waals surface area contributed by atoms with Gasteiger partial charge in [-0.1, -0.05) is 18.2 Å². The van der Waals surface area contributed by atoms with Crippen LogP contribution in [0, 0.1) is 17.2 Å². The molecule has 0 aliphatic carbocycles. The van der Waals surface area contributed by atoms with Crippen LogP contribution in [-0.2, 0) is 6.42 Å². The van der Waals surface area contributed by atoms with Gasteiger partial charge < -0.3 is 9.88 Å². The average Bonchev–Trinajstić information content (AvgIpc) is 3.45. The van der Waals surface area contributed by atoms with E-state index < -0.39 is 0 Å². The number of halogens is 1. The minimum atomic E-state index is -0.179. The number of nitriles is 1. The third-order valence-corrected chi connectivity index (χ3v) is 6.29. The van der Waals surface area contributed by atoms with Crippen molar-refractivity contribution in [1.82, 2.24) is 14.8 Å². The Morgan fingerprint density at radius 1 is 1.06 bits per heavy atom. The van der Waals surface area contributed by atoms with E-state index in [9.17, 15) is 9.59 Å². The molecule has 0 saturated carbocycles. The first kappa shape index (κ1) is 21.1. The summed E-state index contributed by atoms with van der Waals surface area (Å²) in [6.45, 7) is 3.09. The van der Waals surface area contributed by atoms with Gasteiger partial charge in [0.2, 0.25) is 0 Å². The third-order valence-electron chi connectivity index (χ3n) is 6.29. The minimum absolute atomic E-state index is 0. The standard InChI is InChI=1S/C24H22N4O2.ClH/c25-13-16-5-6-19-18(14-26-22(19)12-16)11-17-7-8-27(15-17)9-10-28-23(29)20-3-1-2-4-21(20)24(28)30;/h1-6,12,14,17,26H,7-11,15H2;1H. The zero-order valence-corrected chi connectivity index (χ0v) is 17.8. The smallest absolute Gasteiger partial charge is 0.261 e. The number of H-pyrrole nitrogens is 1. The van der Waals surface area contributed by atoms with Gasteiger partial charge >= 0.3 is 0 Å². The summed E-state index contributed by atoms with van der Waals surface area (Å²) in [4.78, 5) is 32.0. The zero-order valence-electron chi connectivity index (χ0n) is 17.0. The van der Waals surface area contributed by atoms with Crippen molar-refractivity contribution < 1.29 is 9.59 Å². The Labute approximate surface area is 186 Å². The summed E-state index contributed by atoms with van der Waals surface area (Å²) < 4.78 is 0. The molecular formula is C24H23ClN4O2. The monoisotopic (exact) mass is 434 g/mol. The number of carbonyl (C=O) groups excluding carboxylic acids is 2. The van der Waals surface area contributed by atoms with Gasteiger partial charge in [-0.3, -0.25) is 14.5 Å². The SMILES string of the molecule is Cl.N#Cc1ccc2c(CC3CCN(CCN4C(=O)c5ccccc5C4=O)C3)c[nH]c2c1. The summed E-state index contributed by atoms with van der Waals surface area (Å²) in [5.74, 6) is 0.186. The molecule has 0 spiro atoms. The van der Waals surface area contributed by atoms with E-state index in [1.54, 1.807) is 24.3 Å². The summed E-state index contributed by atoms with van der Waals surface area (Å²) in [6, 6.07) is 15.0. The molecule has 1 aromatic heterocycles. The summed E-state index contributed by atoms with van der Waals surface area (Å²) in [7, 11) is 0. The van der Waals surface area contributed by atoms with Gasteiger partial charge in [-0.25, -0.2) is 0 Å². The fraction of sp³-hybridized carbons (Fsp3) is 0.292. The van der Waals surface area contributed by atoms with Gasteiger partial charge in [-0.15, -0.1) is 12.4 Å². The minimum Gasteiger partial charge on any atom is -0.361 e. The molecule has 2 amide bonds. The Kier molecular flexibility index (Phi) is 5.81. The van der Waals surface area contributed by atoms with E-state index in [4.69, 9.17) is 5.26 Å². The lowest BCUT2D eigenvalue weighted by molar-refractivity contribution is 0.0640. The van der Waals surface area contributed by atoms with Crippen molar-refractivity contribution in [3.63, 3.8) is 0 Å². The molecule has 5 rings (SSSR count). The van der Waals surface area contributed by atoms with Crippen molar-refractivity contribution in [1.29, 1.82) is 5.26 Å². The second-order valence-electron chi connectivity index (χ2n) is 8.15. The maximum atomic E-state index is 12.5. The number of hydrogen-bond acceptors (Lipinski definition) is 4. The van der Waals surface area contributed by atoms with Crippen molar-refractivity contribution in [2.45, 2.75) is 12.8 Å². The van der Waals surface area contributed by atoms with Crippen molar-refractivity contribution in [2.75, 3.05) is 26.2 Å². The van der Waals surface area contributed by atoms with Gasteiger partial charge in [0.25, 0.3) is 11.8 Å². The first-order chi connectivity index (χ1) is 14.6. The van der Waals surface area contributed by atoms with Gasteiger partial charge in [0.15, 0.2) is 0 Å². The Hall–Kier alpha value is -3.14. The van der Waals surface area contributed by atoms with Crippen LogP contribution in [0.25, 0.3) is 10.9 Å². The van der Waals surface area contributed by atoms with Crippen molar-refractivity contribution in [2.24, 2.45) is 5.92 Å². The molecule has 3 heterocycles. The van der Waals surface area contributed by atoms with Gasteiger partial charge in [-0.2, -0.15) is 5.26 Å². The largest absolute Gasteiger partial charge is 0.361 e. The second kappa shape index (κ2) is 8.54. The van der Waals surface area contributed by atoms with Crippen LogP contribution in [0.15, 0.2) is 48.7 Å². The van der Waals surface area contributed by atoms with Crippen molar-refractivity contribution >= 4 is 35.1 Å². The van der Waals surface area contributed by atoms with Gasteiger partial charge in [-0.05, 0) is 55.1 Å². The summed E-state index contributed by atoms with van der Waals surface area (Å²) >= 11 is 0. The van der Waals surface area contributed by atoms with E-state index >= 15 is 0 Å². The zero-order chi connectivity index (χ0) is 20.7. The van der Waals surface area contributed by atoms with Crippen LogP contribution < -0.4 is 0 Å². The molecule has 1 unspecified atom stereocenters. The average molecular weight is 435 g/mol. The van der Waals surface area contributed by atoms with Crippen molar-refractivity contribution in [3.05, 3.63) is 70.9 Å². The van der Waals surface area contributed by atoms with E-state index in [2.05, 4.69) is 16.0 Å². The lowest BCUT2D eigenvalue weighted by Gasteiger charge is -2.20. The predicted molar refractivity (Wildman–Crippen MR) is 120 cm³/mol. The molecule has 1 atom stereocenters.